The first-order chi connectivity index (χ1) is 12.1. The summed E-state index contributed by atoms with van der Waals surface area (Å²) in [7, 11) is -3.38. The first-order valence-corrected chi connectivity index (χ1v) is 10.0. The van der Waals surface area contributed by atoms with E-state index in [4.69, 9.17) is 0 Å². The molecule has 5 heteroatoms. The lowest BCUT2D eigenvalue weighted by molar-refractivity contribution is 0.204. The number of piperazine rings is 1. The van der Waals surface area contributed by atoms with Gasteiger partial charge in [0, 0.05) is 32.7 Å². The van der Waals surface area contributed by atoms with E-state index in [-0.39, 0.29) is 0 Å². The number of hydrogen-bond acceptors (Lipinski definition) is 3. The van der Waals surface area contributed by atoms with E-state index in [1.807, 2.05) is 37.3 Å². The molecule has 25 heavy (non-hydrogen) atoms. The maximum Gasteiger partial charge on any atom is 0.243 e. The molecule has 0 aliphatic carbocycles. The van der Waals surface area contributed by atoms with Gasteiger partial charge in [-0.2, -0.15) is 4.31 Å². The lowest BCUT2D eigenvalue weighted by atomic mass is 10.2. The van der Waals surface area contributed by atoms with Crippen LogP contribution in [0, 0.1) is 6.92 Å². The fraction of sp³-hybridized carbons (Fsp3) is 0.300. The van der Waals surface area contributed by atoms with Crippen molar-refractivity contribution in [3.8, 4) is 0 Å². The Morgan fingerprint density at radius 1 is 0.920 bits per heavy atom. The van der Waals surface area contributed by atoms with E-state index in [9.17, 15) is 8.42 Å². The minimum atomic E-state index is -3.38. The van der Waals surface area contributed by atoms with E-state index < -0.39 is 10.0 Å². The molecule has 1 fully saturated rings. The van der Waals surface area contributed by atoms with Gasteiger partial charge in [-0.1, -0.05) is 60.2 Å². The van der Waals surface area contributed by atoms with Crippen LogP contribution in [0.1, 0.15) is 11.1 Å². The van der Waals surface area contributed by atoms with Crippen LogP contribution in [0.4, 0.5) is 0 Å². The summed E-state index contributed by atoms with van der Waals surface area (Å²) in [6.45, 7) is 5.38. The molecule has 0 N–H and O–H groups in total. The Morgan fingerprint density at radius 2 is 1.56 bits per heavy atom. The number of benzene rings is 2. The van der Waals surface area contributed by atoms with Gasteiger partial charge >= 0.3 is 0 Å². The molecule has 2 aromatic rings. The van der Waals surface area contributed by atoms with Gasteiger partial charge in [0.05, 0.1) is 4.90 Å². The summed E-state index contributed by atoms with van der Waals surface area (Å²) in [6.07, 6.45) is 4.24. The van der Waals surface area contributed by atoms with Gasteiger partial charge < -0.3 is 0 Å². The maximum absolute atomic E-state index is 12.7. The van der Waals surface area contributed by atoms with Crippen molar-refractivity contribution in [2.45, 2.75) is 11.8 Å². The highest BCUT2D eigenvalue weighted by molar-refractivity contribution is 7.89. The Morgan fingerprint density at radius 3 is 2.20 bits per heavy atom. The van der Waals surface area contributed by atoms with Crippen LogP contribution >= 0.6 is 0 Å². The number of nitrogens with zero attached hydrogens (tertiary/aromatic N) is 2. The van der Waals surface area contributed by atoms with Crippen molar-refractivity contribution in [3.63, 3.8) is 0 Å². The van der Waals surface area contributed by atoms with Gasteiger partial charge in [0.15, 0.2) is 0 Å². The molecule has 3 rings (SSSR count). The Balaban J connectivity index is 1.54. The minimum absolute atomic E-state index is 0.385. The van der Waals surface area contributed by atoms with Crippen LogP contribution in [0.2, 0.25) is 0 Å². The molecule has 1 aliphatic heterocycles. The summed E-state index contributed by atoms with van der Waals surface area (Å²) < 4.78 is 27.0. The van der Waals surface area contributed by atoms with Gasteiger partial charge in [-0.3, -0.25) is 4.90 Å². The smallest absolute Gasteiger partial charge is 0.243 e. The molecular weight excluding hydrogens is 332 g/mol. The van der Waals surface area contributed by atoms with E-state index in [0.717, 1.165) is 25.2 Å². The lowest BCUT2D eigenvalue weighted by Crippen LogP contribution is -2.48. The van der Waals surface area contributed by atoms with Gasteiger partial charge in [-0.25, -0.2) is 8.42 Å². The quantitative estimate of drug-likeness (QED) is 0.827. The molecule has 0 spiro atoms. The molecule has 4 nitrogen and oxygen atoms in total. The molecule has 0 aromatic heterocycles. The van der Waals surface area contributed by atoms with Crippen molar-refractivity contribution in [1.82, 2.24) is 9.21 Å². The van der Waals surface area contributed by atoms with E-state index in [2.05, 4.69) is 29.2 Å². The van der Waals surface area contributed by atoms with Crippen molar-refractivity contribution in [1.29, 1.82) is 0 Å². The Hall–Kier alpha value is -1.95. The standard InChI is InChI=1S/C20H24N2O2S/c1-18-9-11-20(12-10-18)25(23,24)22-16-14-21(15-17-22)13-5-8-19-6-3-2-4-7-19/h2-12H,13-17H2,1H3/b8-5+. The van der Waals surface area contributed by atoms with E-state index in [1.165, 1.54) is 5.56 Å². The zero-order valence-electron chi connectivity index (χ0n) is 14.5. The van der Waals surface area contributed by atoms with Crippen LogP contribution < -0.4 is 0 Å². The molecule has 1 heterocycles. The SMILES string of the molecule is Cc1ccc(S(=O)(=O)N2CCN(C/C=C/c3ccccc3)CC2)cc1. The molecular formula is C20H24N2O2S. The number of hydrogen-bond donors (Lipinski definition) is 0. The summed E-state index contributed by atoms with van der Waals surface area (Å²) in [5.41, 5.74) is 2.25. The van der Waals surface area contributed by atoms with E-state index in [0.29, 0.717) is 18.0 Å². The highest BCUT2D eigenvalue weighted by Gasteiger charge is 2.27. The third-order valence-electron chi connectivity index (χ3n) is 4.46. The fourth-order valence-corrected chi connectivity index (χ4v) is 4.34. The van der Waals surface area contributed by atoms with Crippen LogP contribution in [0.5, 0.6) is 0 Å². The van der Waals surface area contributed by atoms with Gasteiger partial charge in [0.25, 0.3) is 0 Å². The summed E-state index contributed by atoms with van der Waals surface area (Å²) in [4.78, 5) is 2.66. The highest BCUT2D eigenvalue weighted by atomic mass is 32.2. The summed E-state index contributed by atoms with van der Waals surface area (Å²) >= 11 is 0. The van der Waals surface area contributed by atoms with Crippen molar-refractivity contribution in [2.24, 2.45) is 0 Å². The molecule has 132 valence electrons. The highest BCUT2D eigenvalue weighted by Crippen LogP contribution is 2.18. The minimum Gasteiger partial charge on any atom is -0.297 e. The summed E-state index contributed by atoms with van der Waals surface area (Å²) in [5.74, 6) is 0. The molecule has 0 radical (unpaired) electrons. The zero-order chi connectivity index (χ0) is 17.7. The number of aryl methyl sites for hydroxylation is 1. The van der Waals surface area contributed by atoms with Gasteiger partial charge in [0.1, 0.15) is 0 Å². The average molecular weight is 356 g/mol. The third-order valence-corrected chi connectivity index (χ3v) is 6.38. The van der Waals surface area contributed by atoms with E-state index >= 15 is 0 Å². The Kier molecular flexibility index (Phi) is 5.68. The zero-order valence-corrected chi connectivity index (χ0v) is 15.3. The normalized spacial score (nSPS) is 17.2. The van der Waals surface area contributed by atoms with Crippen LogP contribution in [-0.2, 0) is 10.0 Å². The van der Waals surface area contributed by atoms with Crippen LogP contribution in [0.3, 0.4) is 0 Å². The molecule has 0 bridgehead atoms. The molecule has 0 amide bonds. The second-order valence-electron chi connectivity index (χ2n) is 6.33. The Bertz CT molecular complexity index is 807. The number of rotatable bonds is 5. The second-order valence-corrected chi connectivity index (χ2v) is 8.27. The van der Waals surface area contributed by atoms with Crippen molar-refractivity contribution < 1.29 is 8.42 Å². The van der Waals surface area contributed by atoms with Gasteiger partial charge in [0.2, 0.25) is 10.0 Å². The van der Waals surface area contributed by atoms with E-state index in [1.54, 1.807) is 16.4 Å². The molecule has 0 atom stereocenters. The van der Waals surface area contributed by atoms with Crippen molar-refractivity contribution in [3.05, 3.63) is 71.8 Å². The lowest BCUT2D eigenvalue weighted by Gasteiger charge is -2.33. The van der Waals surface area contributed by atoms with Crippen molar-refractivity contribution in [2.75, 3.05) is 32.7 Å². The summed E-state index contributed by atoms with van der Waals surface area (Å²) in [5, 5.41) is 0. The fourth-order valence-electron chi connectivity index (χ4n) is 2.91. The third kappa shape index (κ3) is 4.57. The van der Waals surface area contributed by atoms with Crippen molar-refractivity contribution >= 4 is 16.1 Å². The predicted molar refractivity (Wildman–Crippen MR) is 102 cm³/mol. The summed E-state index contributed by atoms with van der Waals surface area (Å²) in [6, 6.07) is 17.3. The van der Waals surface area contributed by atoms with Crippen LogP contribution in [0.15, 0.2) is 65.6 Å². The first-order valence-electron chi connectivity index (χ1n) is 8.56. The first kappa shape index (κ1) is 17.9. The number of sulfonamides is 1. The van der Waals surface area contributed by atoms with Crippen LogP contribution in [-0.4, -0.2) is 50.3 Å². The van der Waals surface area contributed by atoms with Gasteiger partial charge in [-0.15, -0.1) is 0 Å². The second kappa shape index (κ2) is 7.95. The molecule has 1 saturated heterocycles. The van der Waals surface area contributed by atoms with Crippen LogP contribution in [0.25, 0.3) is 6.08 Å². The largest absolute Gasteiger partial charge is 0.297 e. The average Bonchev–Trinajstić information content (AvgIpc) is 2.63. The topological polar surface area (TPSA) is 40.6 Å². The predicted octanol–water partition coefficient (Wildman–Crippen LogP) is 3.01. The molecule has 0 saturated carbocycles. The molecule has 2 aromatic carbocycles. The maximum atomic E-state index is 12.7. The Labute approximate surface area is 150 Å². The van der Waals surface area contributed by atoms with Gasteiger partial charge in [-0.05, 0) is 24.6 Å². The molecule has 0 unspecified atom stereocenters. The molecule has 1 aliphatic rings. The monoisotopic (exact) mass is 356 g/mol.